The normalized spacial score (nSPS) is 11.0. The molecular formula is C84H138F2N4O5. The number of aromatic nitrogens is 3. The van der Waals surface area contributed by atoms with Gasteiger partial charge in [-0.3, -0.25) is 13.9 Å². The second-order valence-electron chi connectivity index (χ2n) is 28.0. The van der Waals surface area contributed by atoms with Crippen molar-refractivity contribution in [2.45, 2.75) is 267 Å². The maximum atomic E-state index is 11.8. The van der Waals surface area contributed by atoms with Crippen LogP contribution < -0.4 is 10.5 Å². The highest BCUT2D eigenvalue weighted by Crippen LogP contribution is 2.20. The number of aliphatic hydroxyl groups is 1. The van der Waals surface area contributed by atoms with Gasteiger partial charge in [0.15, 0.2) is 0 Å². The standard InChI is InChI=1S/C10H14O.2C10H14.2C9H12.C8H16O2.C7H13N3O.C7H10O.C5H11F.C5H13N.C4H9F/c1-8(2)9-5-4-6-10(7-9)11-3;2*1-8(2)10-6-4-9(3)5-7-10;2*1-8(2)9-6-4-3-5-7-9;1-7(2)5-3-4-6-8(9)10;1-6(2)3-10-4-7(5-11)8-9-10;1-6(2)7-3-4-8-5-7;2*1-4(2)5(3)6;1-4(2)3-5/h4-8H,1-3H3;2*4-8H,1-3H3;2*3-8H,1-2H3;7H,3-6H2,1-2H3,(H,9,10);4,6,11H,3,5H2,1-2H3;3-6H,1-2H3;4-5H,1-3H3;4-5H,6H2,1-3H3;4H,3H2,1-2H3. The SMILES string of the molecule is CC(C)C(C)F.CC(C)C(C)N.CC(C)CCCCC(=O)O.CC(C)CF.CC(C)Cn1cc(CO)nn1.CC(C)c1ccccc1.CC(C)c1ccccc1.CC(C)c1ccoc1.COc1cccc(C(C)C)c1.Cc1ccc(C(C)C)cc1.Cc1ccc(C(C)C)cc1. The van der Waals surface area contributed by atoms with E-state index in [1.54, 1.807) is 37.4 Å². The number of furan rings is 1. The van der Waals surface area contributed by atoms with E-state index in [1.165, 1.54) is 44.5 Å². The van der Waals surface area contributed by atoms with Gasteiger partial charge in [-0.2, -0.15) is 0 Å². The van der Waals surface area contributed by atoms with Crippen LogP contribution in [0, 0.1) is 43.4 Å². The molecule has 0 bridgehead atoms. The number of aliphatic carboxylic acids is 1. The lowest BCUT2D eigenvalue weighted by molar-refractivity contribution is -0.137. The van der Waals surface area contributed by atoms with Gasteiger partial charge in [0.1, 0.15) is 11.4 Å². The quantitative estimate of drug-likeness (QED) is 0.0723. The summed E-state index contributed by atoms with van der Waals surface area (Å²) in [4.78, 5) is 10.0. The average molecular weight is 1320 g/mol. The van der Waals surface area contributed by atoms with Crippen LogP contribution in [0.25, 0.3) is 0 Å². The van der Waals surface area contributed by atoms with Gasteiger partial charge in [-0.25, -0.2) is 4.39 Å². The van der Waals surface area contributed by atoms with E-state index in [-0.39, 0.29) is 25.1 Å². The molecule has 0 spiro atoms. The molecule has 0 amide bonds. The number of nitrogens with two attached hydrogens (primary N) is 1. The van der Waals surface area contributed by atoms with Crippen molar-refractivity contribution in [2.24, 2.45) is 35.3 Å². The highest BCUT2D eigenvalue weighted by Gasteiger charge is 2.04. The first-order chi connectivity index (χ1) is 44.4. The number of rotatable bonds is 18. The predicted molar refractivity (Wildman–Crippen MR) is 408 cm³/mol. The summed E-state index contributed by atoms with van der Waals surface area (Å²) < 4.78 is 34.7. The van der Waals surface area contributed by atoms with Gasteiger partial charge in [-0.05, 0) is 151 Å². The summed E-state index contributed by atoms with van der Waals surface area (Å²) in [6.45, 7) is 54.9. The zero-order chi connectivity index (χ0) is 73.6. The van der Waals surface area contributed by atoms with E-state index in [1.807, 2.05) is 65.0 Å². The Balaban J connectivity index is -0.000000483. The summed E-state index contributed by atoms with van der Waals surface area (Å²) in [7, 11) is 1.69. The number of ether oxygens (including phenoxy) is 1. The predicted octanol–water partition coefficient (Wildman–Crippen LogP) is 24.4. The lowest BCUT2D eigenvalue weighted by atomic mass is 10.0. The molecule has 0 aliphatic heterocycles. The number of aliphatic hydroxyl groups excluding tert-OH is 1. The van der Waals surface area contributed by atoms with Gasteiger partial charge < -0.3 is 25.1 Å². The minimum absolute atomic E-state index is 0.0297. The number of methoxy groups -OCH3 is 1. The Morgan fingerprint density at radius 1 is 0.526 bits per heavy atom. The molecule has 0 fully saturated rings. The van der Waals surface area contributed by atoms with Crippen molar-refractivity contribution in [2.75, 3.05) is 13.8 Å². The molecule has 0 radical (unpaired) electrons. The van der Waals surface area contributed by atoms with Gasteiger partial charge in [0.25, 0.3) is 0 Å². The number of unbranched alkanes of at least 4 members (excludes halogenated alkanes) is 1. The van der Waals surface area contributed by atoms with Crippen molar-refractivity contribution in [3.63, 3.8) is 0 Å². The van der Waals surface area contributed by atoms with Crippen molar-refractivity contribution in [1.29, 1.82) is 0 Å². The maximum absolute atomic E-state index is 11.8. The van der Waals surface area contributed by atoms with Crippen molar-refractivity contribution in [1.82, 2.24) is 15.0 Å². The molecule has 2 atom stereocenters. The molecule has 95 heavy (non-hydrogen) atoms. The second-order valence-corrected chi connectivity index (χ2v) is 28.0. The summed E-state index contributed by atoms with van der Waals surface area (Å²) in [5.74, 6) is 6.35. The van der Waals surface area contributed by atoms with Gasteiger partial charge in [0.2, 0.25) is 0 Å². The molecule has 0 saturated heterocycles. The van der Waals surface area contributed by atoms with E-state index < -0.39 is 12.1 Å². The number of aryl methyl sites for hydroxylation is 2. The van der Waals surface area contributed by atoms with Gasteiger partial charge >= 0.3 is 5.97 Å². The fourth-order valence-corrected chi connectivity index (χ4v) is 6.89. The van der Waals surface area contributed by atoms with Crippen molar-refractivity contribution >= 4 is 5.97 Å². The van der Waals surface area contributed by atoms with Gasteiger partial charge in [-0.1, -0.05) is 303 Å². The van der Waals surface area contributed by atoms with Crippen LogP contribution in [0.4, 0.5) is 8.78 Å². The first-order valence-electron chi connectivity index (χ1n) is 35.0. The number of nitrogens with zero attached hydrogens (tertiary/aromatic N) is 3. The first kappa shape index (κ1) is 95.0. The van der Waals surface area contributed by atoms with E-state index in [0.29, 0.717) is 71.4 Å². The van der Waals surface area contributed by atoms with Gasteiger partial charge in [0.05, 0.1) is 45.3 Å². The molecule has 11 heteroatoms. The van der Waals surface area contributed by atoms with Crippen LogP contribution >= 0.6 is 0 Å². The van der Waals surface area contributed by atoms with Crippen LogP contribution in [0.2, 0.25) is 0 Å². The van der Waals surface area contributed by atoms with Crippen molar-refractivity contribution < 1.29 is 32.9 Å². The van der Waals surface area contributed by atoms with Crippen LogP contribution in [0.1, 0.15) is 278 Å². The monoisotopic (exact) mass is 1320 g/mol. The largest absolute Gasteiger partial charge is 0.497 e. The number of hydrogen-bond acceptors (Lipinski definition) is 7. The minimum atomic E-state index is -0.677. The molecule has 538 valence electrons. The average Bonchev–Trinajstić information content (AvgIpc) is 1.58. The van der Waals surface area contributed by atoms with Gasteiger partial charge in [-0.15, -0.1) is 5.10 Å². The van der Waals surface area contributed by atoms with Crippen LogP contribution in [-0.4, -0.2) is 57.2 Å². The molecule has 0 aliphatic carbocycles. The number of carboxylic acids is 1. The molecule has 7 aromatic rings. The molecule has 2 aromatic heterocycles. The molecular weight excluding hydrogens is 1180 g/mol. The summed E-state index contributed by atoms with van der Waals surface area (Å²) in [5.41, 5.74) is 17.0. The zero-order valence-electron chi connectivity index (χ0n) is 64.8. The number of carboxylic acid groups (broad SMARTS) is 1. The highest BCUT2D eigenvalue weighted by atomic mass is 19.1. The van der Waals surface area contributed by atoms with Crippen LogP contribution in [0.15, 0.2) is 163 Å². The number of benzene rings is 5. The molecule has 0 saturated carbocycles. The van der Waals surface area contributed by atoms with E-state index in [4.69, 9.17) is 25.1 Å². The maximum Gasteiger partial charge on any atom is 0.303 e. The first-order valence-corrected chi connectivity index (χ1v) is 35.0. The Labute approximate surface area is 580 Å². The van der Waals surface area contributed by atoms with E-state index >= 15 is 0 Å². The van der Waals surface area contributed by atoms with Crippen molar-refractivity contribution in [3.8, 4) is 5.75 Å². The Bertz CT molecular complexity index is 2630. The summed E-state index contributed by atoms with van der Waals surface area (Å²) >= 11 is 0. The van der Waals surface area contributed by atoms with Crippen LogP contribution in [0.5, 0.6) is 5.75 Å². The van der Waals surface area contributed by atoms with Crippen LogP contribution in [0.3, 0.4) is 0 Å². The molecule has 2 unspecified atom stereocenters. The Morgan fingerprint density at radius 3 is 1.16 bits per heavy atom. The molecule has 2 heterocycles. The zero-order valence-corrected chi connectivity index (χ0v) is 64.8. The number of carbonyl (C=O) groups is 1. The highest BCUT2D eigenvalue weighted by molar-refractivity contribution is 5.66. The smallest absolute Gasteiger partial charge is 0.303 e. The Morgan fingerprint density at radius 2 is 0.905 bits per heavy atom. The van der Waals surface area contributed by atoms with Crippen molar-refractivity contribution in [3.05, 3.63) is 208 Å². The third-order valence-corrected chi connectivity index (χ3v) is 14.4. The molecule has 0 aliphatic rings. The third-order valence-electron chi connectivity index (χ3n) is 14.4. The third kappa shape index (κ3) is 58.6. The summed E-state index contributed by atoms with van der Waals surface area (Å²) in [5, 5.41) is 24.5. The molecule has 7 rings (SSSR count). The van der Waals surface area contributed by atoms with Gasteiger partial charge in [0, 0.05) is 19.0 Å². The topological polar surface area (TPSA) is 137 Å². The van der Waals surface area contributed by atoms with Crippen LogP contribution in [-0.2, 0) is 17.9 Å². The Kier molecular flexibility index (Phi) is 58.9. The van der Waals surface area contributed by atoms with E-state index in [2.05, 4.69) is 258 Å². The molecule has 4 N–H and O–H groups in total. The number of halogens is 2. The summed E-state index contributed by atoms with van der Waals surface area (Å²) in [6.07, 6.45) is 7.95. The number of alkyl halides is 2. The lowest BCUT2D eigenvalue weighted by Gasteiger charge is -2.06. The fourth-order valence-electron chi connectivity index (χ4n) is 6.89. The Hall–Kier alpha value is -6.43. The fraction of sp³-hybridized carbons (Fsp3) is 0.560. The molecule has 5 aromatic carbocycles. The lowest BCUT2D eigenvalue weighted by Crippen LogP contribution is -2.21. The minimum Gasteiger partial charge on any atom is -0.497 e. The second kappa shape index (κ2) is 58.9. The van der Waals surface area contributed by atoms with E-state index in [0.717, 1.165) is 31.6 Å². The summed E-state index contributed by atoms with van der Waals surface area (Å²) in [6, 6.07) is 49.0. The molecule has 9 nitrogen and oxygen atoms in total. The number of hydrogen-bond donors (Lipinski definition) is 3. The van der Waals surface area contributed by atoms with E-state index in [9.17, 15) is 13.6 Å².